The number of rotatable bonds is 6. The fraction of sp³-hybridized carbons (Fsp3) is 0.632. The van der Waals surface area contributed by atoms with Crippen molar-refractivity contribution >= 4 is 15.8 Å². The number of aliphatic imine (C=N–C) groups is 1. The molecule has 1 aliphatic heterocycles. The number of sulfone groups is 1. The van der Waals surface area contributed by atoms with Crippen LogP contribution in [0.3, 0.4) is 0 Å². The third-order valence-electron chi connectivity index (χ3n) is 5.41. The van der Waals surface area contributed by atoms with Gasteiger partial charge in [0.05, 0.1) is 10.6 Å². The molecule has 0 amide bonds. The average molecular weight is 366 g/mol. The Bertz CT molecular complexity index is 709. The van der Waals surface area contributed by atoms with Gasteiger partial charge in [0.15, 0.2) is 15.8 Å². The van der Waals surface area contributed by atoms with Crippen molar-refractivity contribution in [2.45, 2.75) is 51.5 Å². The van der Waals surface area contributed by atoms with Crippen LogP contribution in [0.4, 0.5) is 0 Å². The van der Waals surface area contributed by atoms with Gasteiger partial charge in [0.25, 0.3) is 0 Å². The van der Waals surface area contributed by atoms with Gasteiger partial charge in [-0.25, -0.2) is 8.42 Å². The largest absolute Gasteiger partial charge is 0.356 e. The topological polar surface area (TPSA) is 61.8 Å². The van der Waals surface area contributed by atoms with Gasteiger partial charge in [0.2, 0.25) is 0 Å². The minimum absolute atomic E-state index is 0.0319. The summed E-state index contributed by atoms with van der Waals surface area (Å²) in [5.74, 6) is 0.998. The molecule has 1 aromatic rings. The smallest absolute Gasteiger partial charge is 0.194 e. The molecule has 0 bridgehead atoms. The first-order chi connectivity index (χ1) is 11.6. The van der Waals surface area contributed by atoms with E-state index in [1.54, 1.807) is 24.3 Å². The van der Waals surface area contributed by atoms with Gasteiger partial charge in [-0.2, -0.15) is 0 Å². The standard InChI is InChI=1S/C19H31N3O2S/c1-6-20-17(22-15-18(2,3)19(22,4)5)21-13-10-14-25(23,24)16-11-8-7-9-12-16/h7-9,11-12H,6,10,13-15H2,1-5H3,(H,20,21). The van der Waals surface area contributed by atoms with Gasteiger partial charge in [-0.1, -0.05) is 32.0 Å². The number of hydrogen-bond acceptors (Lipinski definition) is 3. The molecule has 0 radical (unpaired) electrons. The van der Waals surface area contributed by atoms with E-state index >= 15 is 0 Å². The van der Waals surface area contributed by atoms with Crippen LogP contribution in [0.25, 0.3) is 0 Å². The van der Waals surface area contributed by atoms with Gasteiger partial charge in [0.1, 0.15) is 0 Å². The van der Waals surface area contributed by atoms with Crippen molar-refractivity contribution in [2.75, 3.05) is 25.4 Å². The molecule has 0 atom stereocenters. The van der Waals surface area contributed by atoms with Crippen molar-refractivity contribution in [1.29, 1.82) is 0 Å². The molecular weight excluding hydrogens is 334 g/mol. The van der Waals surface area contributed by atoms with Gasteiger partial charge in [0, 0.05) is 30.6 Å². The fourth-order valence-corrected chi connectivity index (χ4v) is 4.30. The maximum atomic E-state index is 12.3. The molecule has 1 heterocycles. The van der Waals surface area contributed by atoms with Crippen LogP contribution in [0.15, 0.2) is 40.2 Å². The molecule has 2 rings (SSSR count). The van der Waals surface area contributed by atoms with Crippen molar-refractivity contribution in [2.24, 2.45) is 10.4 Å². The quantitative estimate of drug-likeness (QED) is 0.478. The van der Waals surface area contributed by atoms with E-state index in [1.165, 1.54) is 0 Å². The van der Waals surface area contributed by atoms with E-state index in [2.05, 4.69) is 42.9 Å². The molecule has 1 N–H and O–H groups in total. The Kier molecular flexibility index (Phi) is 5.82. The van der Waals surface area contributed by atoms with E-state index in [0.29, 0.717) is 17.9 Å². The van der Waals surface area contributed by atoms with Crippen molar-refractivity contribution in [3.05, 3.63) is 30.3 Å². The lowest BCUT2D eigenvalue weighted by molar-refractivity contribution is -0.0667. The molecule has 140 valence electrons. The Labute approximate surface area is 152 Å². The van der Waals surface area contributed by atoms with Crippen molar-refractivity contribution in [1.82, 2.24) is 10.2 Å². The number of benzene rings is 1. The van der Waals surface area contributed by atoms with E-state index in [4.69, 9.17) is 0 Å². The van der Waals surface area contributed by atoms with E-state index in [-0.39, 0.29) is 16.7 Å². The van der Waals surface area contributed by atoms with Gasteiger partial charge in [-0.3, -0.25) is 4.99 Å². The van der Waals surface area contributed by atoms with Crippen LogP contribution in [0.2, 0.25) is 0 Å². The summed E-state index contributed by atoms with van der Waals surface area (Å²) in [6.07, 6.45) is 0.518. The average Bonchev–Trinajstić information content (AvgIpc) is 2.56. The van der Waals surface area contributed by atoms with Crippen LogP contribution < -0.4 is 5.32 Å². The summed E-state index contributed by atoms with van der Waals surface area (Å²) < 4.78 is 24.6. The van der Waals surface area contributed by atoms with Gasteiger partial charge in [-0.15, -0.1) is 0 Å². The van der Waals surface area contributed by atoms with Gasteiger partial charge in [-0.05, 0) is 39.3 Å². The summed E-state index contributed by atoms with van der Waals surface area (Å²) in [7, 11) is -3.23. The first kappa shape index (κ1) is 19.8. The Morgan fingerprint density at radius 1 is 1.20 bits per heavy atom. The normalized spacial score (nSPS) is 19.4. The Balaban J connectivity index is 1.97. The number of nitrogens with zero attached hydrogens (tertiary/aromatic N) is 2. The highest BCUT2D eigenvalue weighted by atomic mass is 32.2. The fourth-order valence-electron chi connectivity index (χ4n) is 2.98. The van der Waals surface area contributed by atoms with Gasteiger partial charge >= 0.3 is 0 Å². The van der Waals surface area contributed by atoms with E-state index in [0.717, 1.165) is 19.0 Å². The SMILES string of the molecule is CCNC(=NCCCS(=O)(=O)c1ccccc1)N1CC(C)(C)C1(C)C. The van der Waals surface area contributed by atoms with E-state index in [9.17, 15) is 8.42 Å². The predicted octanol–water partition coefficient (Wildman–Crippen LogP) is 2.94. The maximum Gasteiger partial charge on any atom is 0.194 e. The predicted molar refractivity (Wildman–Crippen MR) is 104 cm³/mol. The highest BCUT2D eigenvalue weighted by molar-refractivity contribution is 7.91. The van der Waals surface area contributed by atoms with Crippen LogP contribution in [0.1, 0.15) is 41.0 Å². The minimum Gasteiger partial charge on any atom is -0.356 e. The summed E-state index contributed by atoms with van der Waals surface area (Å²) >= 11 is 0. The summed E-state index contributed by atoms with van der Waals surface area (Å²) in [5.41, 5.74) is 0.268. The van der Waals surface area contributed by atoms with E-state index in [1.807, 2.05) is 13.0 Å². The van der Waals surface area contributed by atoms with Crippen LogP contribution in [0.5, 0.6) is 0 Å². The molecule has 1 aromatic carbocycles. The second-order valence-electron chi connectivity index (χ2n) is 7.75. The van der Waals surface area contributed by atoms with Crippen molar-refractivity contribution in [3.8, 4) is 0 Å². The lowest BCUT2D eigenvalue weighted by Crippen LogP contribution is -2.72. The van der Waals surface area contributed by atoms with Crippen molar-refractivity contribution < 1.29 is 8.42 Å². The van der Waals surface area contributed by atoms with E-state index < -0.39 is 9.84 Å². The van der Waals surface area contributed by atoms with Gasteiger partial charge < -0.3 is 10.2 Å². The zero-order valence-corrected chi connectivity index (χ0v) is 16.9. The zero-order chi connectivity index (χ0) is 18.7. The van der Waals surface area contributed by atoms with Crippen molar-refractivity contribution in [3.63, 3.8) is 0 Å². The molecule has 1 saturated heterocycles. The molecule has 1 aliphatic rings. The number of likely N-dealkylation sites (tertiary alicyclic amines) is 1. The number of guanidine groups is 1. The summed E-state index contributed by atoms with van der Waals surface area (Å²) in [6.45, 7) is 13.3. The highest BCUT2D eigenvalue weighted by Crippen LogP contribution is 2.46. The highest BCUT2D eigenvalue weighted by Gasteiger charge is 2.53. The molecule has 5 nitrogen and oxygen atoms in total. The monoisotopic (exact) mass is 365 g/mol. The second kappa shape index (κ2) is 7.36. The molecule has 1 fully saturated rings. The third-order valence-corrected chi connectivity index (χ3v) is 7.23. The molecule has 0 unspecified atom stereocenters. The maximum absolute atomic E-state index is 12.3. The summed E-state index contributed by atoms with van der Waals surface area (Å²) in [6, 6.07) is 8.62. The zero-order valence-electron chi connectivity index (χ0n) is 16.0. The molecular formula is C19H31N3O2S. The van der Waals surface area contributed by atoms with Crippen LogP contribution >= 0.6 is 0 Å². The molecule has 0 aromatic heterocycles. The molecule has 6 heteroatoms. The molecule has 0 spiro atoms. The summed E-state index contributed by atoms with van der Waals surface area (Å²) in [4.78, 5) is 7.33. The summed E-state index contributed by atoms with van der Waals surface area (Å²) in [5, 5.41) is 3.33. The molecule has 0 saturated carbocycles. The van der Waals surface area contributed by atoms with Crippen LogP contribution in [0, 0.1) is 5.41 Å². The first-order valence-corrected chi connectivity index (χ1v) is 10.6. The third kappa shape index (κ3) is 4.17. The number of hydrogen-bond donors (Lipinski definition) is 1. The van der Waals surface area contributed by atoms with Crippen LogP contribution in [-0.4, -0.2) is 50.2 Å². The second-order valence-corrected chi connectivity index (χ2v) is 9.86. The molecule has 25 heavy (non-hydrogen) atoms. The first-order valence-electron chi connectivity index (χ1n) is 8.95. The number of nitrogens with one attached hydrogen (secondary N) is 1. The Hall–Kier alpha value is -1.56. The lowest BCUT2D eigenvalue weighted by atomic mass is 9.65. The Morgan fingerprint density at radius 3 is 2.36 bits per heavy atom. The van der Waals surface area contributed by atoms with Crippen LogP contribution in [-0.2, 0) is 9.84 Å². The lowest BCUT2D eigenvalue weighted by Gasteiger charge is -2.62. The Morgan fingerprint density at radius 2 is 1.84 bits per heavy atom. The minimum atomic E-state index is -3.23. The molecule has 0 aliphatic carbocycles.